The first kappa shape index (κ1) is 22.6. The van der Waals surface area contributed by atoms with Crippen LogP contribution in [0.4, 0.5) is 14.9 Å². The first-order valence-corrected chi connectivity index (χ1v) is 10.3. The number of nitrogens with zero attached hydrogens (tertiary/aromatic N) is 4. The number of rotatable bonds is 7. The number of pyridine rings is 1. The third kappa shape index (κ3) is 4.94. The van der Waals surface area contributed by atoms with E-state index in [0.29, 0.717) is 28.4 Å². The number of carbonyl (C=O) groups is 2. The SMILES string of the molecule is Cc1nnc(-c2ccc(-c3ccc(N4C[C@H](COC(=O)[C@H](C)NCl)OC4=O)cc3F)cn2)o1. The standard InChI is InChI=1S/C21H19ClFN5O5/c1-11(25-22)20(29)31-10-15-9-28(21(30)33-15)14-4-5-16(17(23)7-14)13-3-6-18(24-8-13)19-27-26-12(2)32-19/h3-8,11,15,25H,9-10H2,1-2H3/t11-,15+/m0/s1. The van der Waals surface area contributed by atoms with E-state index in [1.807, 2.05) is 0 Å². The topological polar surface area (TPSA) is 120 Å². The number of esters is 1. The fourth-order valence-electron chi connectivity index (χ4n) is 3.15. The number of cyclic esters (lactones) is 1. The van der Waals surface area contributed by atoms with Gasteiger partial charge in [0, 0.05) is 24.2 Å². The first-order chi connectivity index (χ1) is 15.9. The Kier molecular flexibility index (Phi) is 6.52. The lowest BCUT2D eigenvalue weighted by molar-refractivity contribution is -0.147. The molecule has 1 fully saturated rings. The third-order valence-electron chi connectivity index (χ3n) is 4.89. The molecule has 1 aliphatic heterocycles. The average molecular weight is 476 g/mol. The van der Waals surface area contributed by atoms with Gasteiger partial charge in [-0.05, 0) is 43.0 Å². The molecule has 3 heterocycles. The molecule has 1 aliphatic rings. The van der Waals surface area contributed by atoms with Crippen LogP contribution in [0.3, 0.4) is 0 Å². The molecule has 2 atom stereocenters. The second-order valence-electron chi connectivity index (χ2n) is 7.30. The van der Waals surface area contributed by atoms with Crippen molar-refractivity contribution in [1.82, 2.24) is 20.0 Å². The maximum atomic E-state index is 14.9. The van der Waals surface area contributed by atoms with Crippen LogP contribution in [0.2, 0.25) is 0 Å². The van der Waals surface area contributed by atoms with E-state index >= 15 is 0 Å². The first-order valence-electron chi connectivity index (χ1n) is 9.93. The number of benzene rings is 1. The minimum atomic E-state index is -0.707. The molecule has 10 nitrogen and oxygen atoms in total. The Hall–Kier alpha value is -3.57. The van der Waals surface area contributed by atoms with Crippen molar-refractivity contribution in [3.8, 4) is 22.7 Å². The zero-order chi connectivity index (χ0) is 23.5. The van der Waals surface area contributed by atoms with Crippen LogP contribution < -0.4 is 9.74 Å². The van der Waals surface area contributed by atoms with Crippen molar-refractivity contribution in [3.05, 3.63) is 48.2 Å². The smallest absolute Gasteiger partial charge is 0.414 e. The normalized spacial score (nSPS) is 16.5. The van der Waals surface area contributed by atoms with Crippen molar-refractivity contribution in [2.24, 2.45) is 0 Å². The number of carbonyl (C=O) groups excluding carboxylic acids is 2. The number of amides is 1. The highest BCUT2D eigenvalue weighted by molar-refractivity contribution is 6.14. The van der Waals surface area contributed by atoms with Gasteiger partial charge in [0.05, 0.1) is 12.2 Å². The highest BCUT2D eigenvalue weighted by Crippen LogP contribution is 2.29. The molecule has 2 aromatic heterocycles. The Bertz CT molecular complexity index is 1170. The van der Waals surface area contributed by atoms with E-state index in [4.69, 9.17) is 25.7 Å². The van der Waals surface area contributed by atoms with Crippen molar-refractivity contribution in [2.75, 3.05) is 18.1 Å². The Labute approximate surface area is 192 Å². The van der Waals surface area contributed by atoms with Crippen LogP contribution in [0.15, 0.2) is 40.9 Å². The van der Waals surface area contributed by atoms with Crippen LogP contribution in [-0.2, 0) is 14.3 Å². The molecule has 33 heavy (non-hydrogen) atoms. The summed E-state index contributed by atoms with van der Waals surface area (Å²) in [5.74, 6) is -0.430. The Morgan fingerprint density at radius 3 is 2.82 bits per heavy atom. The van der Waals surface area contributed by atoms with E-state index in [-0.39, 0.29) is 19.0 Å². The molecule has 4 rings (SSSR count). The molecule has 0 aliphatic carbocycles. The number of ether oxygens (including phenoxy) is 2. The molecule has 12 heteroatoms. The number of aryl methyl sites for hydroxylation is 1. The number of anilines is 1. The minimum absolute atomic E-state index is 0.105. The lowest BCUT2D eigenvalue weighted by Crippen LogP contribution is -2.32. The highest BCUT2D eigenvalue weighted by Gasteiger charge is 2.34. The van der Waals surface area contributed by atoms with Crippen molar-refractivity contribution >= 4 is 29.5 Å². The van der Waals surface area contributed by atoms with E-state index in [1.54, 1.807) is 31.2 Å². The number of nitrogens with one attached hydrogen (secondary N) is 1. The quantitative estimate of drug-likeness (QED) is 0.405. The van der Waals surface area contributed by atoms with Gasteiger partial charge in [-0.1, -0.05) is 6.07 Å². The summed E-state index contributed by atoms with van der Waals surface area (Å²) in [7, 11) is 0. The molecule has 1 saturated heterocycles. The second-order valence-corrected chi connectivity index (χ2v) is 7.52. The summed E-state index contributed by atoms with van der Waals surface area (Å²) in [5.41, 5.74) is 1.63. The maximum Gasteiger partial charge on any atom is 0.414 e. The Balaban J connectivity index is 1.44. The van der Waals surface area contributed by atoms with E-state index in [0.717, 1.165) is 0 Å². The summed E-state index contributed by atoms with van der Waals surface area (Å²) in [6.45, 7) is 3.17. The molecule has 0 saturated carbocycles. The summed E-state index contributed by atoms with van der Waals surface area (Å²) >= 11 is 5.38. The molecular formula is C21H19ClFN5O5. The highest BCUT2D eigenvalue weighted by atomic mass is 35.5. The predicted molar refractivity (Wildman–Crippen MR) is 115 cm³/mol. The van der Waals surface area contributed by atoms with Gasteiger partial charge in [0.1, 0.15) is 24.2 Å². The van der Waals surface area contributed by atoms with Gasteiger partial charge in [-0.2, -0.15) is 0 Å². The lowest BCUT2D eigenvalue weighted by Gasteiger charge is -2.15. The van der Waals surface area contributed by atoms with Crippen molar-refractivity contribution in [2.45, 2.75) is 26.0 Å². The van der Waals surface area contributed by atoms with Crippen molar-refractivity contribution in [3.63, 3.8) is 0 Å². The largest absolute Gasteiger partial charge is 0.460 e. The summed E-state index contributed by atoms with van der Waals surface area (Å²) in [4.78, 5) is 31.7. The lowest BCUT2D eigenvalue weighted by atomic mass is 10.1. The third-order valence-corrected chi connectivity index (χ3v) is 5.21. The molecule has 3 aromatic rings. The maximum absolute atomic E-state index is 14.9. The van der Waals surface area contributed by atoms with E-state index in [2.05, 4.69) is 20.0 Å². The fourth-order valence-corrected chi connectivity index (χ4v) is 3.24. The Morgan fingerprint density at radius 2 is 2.18 bits per heavy atom. The van der Waals surface area contributed by atoms with Gasteiger partial charge < -0.3 is 13.9 Å². The number of aromatic nitrogens is 3. The van der Waals surface area contributed by atoms with Crippen LogP contribution in [0.5, 0.6) is 0 Å². The van der Waals surface area contributed by atoms with Crippen LogP contribution in [0, 0.1) is 12.7 Å². The predicted octanol–water partition coefficient (Wildman–Crippen LogP) is 3.25. The minimum Gasteiger partial charge on any atom is -0.460 e. The van der Waals surface area contributed by atoms with Gasteiger partial charge in [-0.25, -0.2) is 14.0 Å². The van der Waals surface area contributed by atoms with Gasteiger partial charge in [0.15, 0.2) is 6.10 Å². The summed E-state index contributed by atoms with van der Waals surface area (Å²) in [6.07, 6.45) is 0.155. The Morgan fingerprint density at radius 1 is 1.36 bits per heavy atom. The summed E-state index contributed by atoms with van der Waals surface area (Å²) < 4.78 is 30.5. The van der Waals surface area contributed by atoms with Crippen LogP contribution in [0.1, 0.15) is 12.8 Å². The number of halogens is 2. The molecule has 0 spiro atoms. The van der Waals surface area contributed by atoms with Crippen LogP contribution in [0.25, 0.3) is 22.7 Å². The van der Waals surface area contributed by atoms with E-state index < -0.39 is 30.0 Å². The van der Waals surface area contributed by atoms with Crippen LogP contribution >= 0.6 is 11.8 Å². The molecule has 0 radical (unpaired) electrons. The van der Waals surface area contributed by atoms with Crippen molar-refractivity contribution < 1.29 is 27.9 Å². The number of hydrogen-bond donors (Lipinski definition) is 1. The van der Waals surface area contributed by atoms with Gasteiger partial charge in [-0.15, -0.1) is 10.2 Å². The fraction of sp³-hybridized carbons (Fsp3) is 0.286. The van der Waals surface area contributed by atoms with Gasteiger partial charge in [-0.3, -0.25) is 14.7 Å². The zero-order valence-electron chi connectivity index (χ0n) is 17.6. The van der Waals surface area contributed by atoms with Gasteiger partial charge in [0.25, 0.3) is 5.89 Å². The molecular weight excluding hydrogens is 457 g/mol. The molecule has 0 unspecified atom stereocenters. The molecule has 1 amide bonds. The zero-order valence-corrected chi connectivity index (χ0v) is 18.4. The molecule has 1 N–H and O–H groups in total. The van der Waals surface area contributed by atoms with Crippen molar-refractivity contribution in [1.29, 1.82) is 0 Å². The monoisotopic (exact) mass is 475 g/mol. The summed E-state index contributed by atoms with van der Waals surface area (Å²) in [5, 5.41) is 7.66. The number of hydrogen-bond acceptors (Lipinski definition) is 9. The summed E-state index contributed by atoms with van der Waals surface area (Å²) in [6, 6.07) is 7.02. The molecule has 1 aromatic carbocycles. The van der Waals surface area contributed by atoms with E-state index in [1.165, 1.54) is 24.1 Å². The average Bonchev–Trinajstić information content (AvgIpc) is 3.42. The van der Waals surface area contributed by atoms with Gasteiger partial charge >= 0.3 is 12.1 Å². The molecule has 172 valence electrons. The second kappa shape index (κ2) is 9.51. The van der Waals surface area contributed by atoms with E-state index in [9.17, 15) is 14.0 Å². The van der Waals surface area contributed by atoms with Gasteiger partial charge in [0.2, 0.25) is 5.89 Å². The van der Waals surface area contributed by atoms with Crippen LogP contribution in [-0.4, -0.2) is 52.5 Å². The molecule has 0 bridgehead atoms.